The van der Waals surface area contributed by atoms with E-state index >= 15 is 0 Å². The van der Waals surface area contributed by atoms with Crippen LogP contribution in [0.3, 0.4) is 0 Å². The normalized spacial score (nSPS) is 10.4. The third kappa shape index (κ3) is 2.58. The molecule has 1 heterocycles. The summed E-state index contributed by atoms with van der Waals surface area (Å²) in [6.07, 6.45) is 1.66. The Labute approximate surface area is 118 Å². The summed E-state index contributed by atoms with van der Waals surface area (Å²) in [4.78, 5) is 0. The minimum absolute atomic E-state index is 0.626. The minimum Gasteiger partial charge on any atom is -0.496 e. The Morgan fingerprint density at radius 3 is 2.20 bits per heavy atom. The molecule has 0 radical (unpaired) electrons. The SMILES string of the molecule is CNCc1occc1-c1c(OC)cc(OC)cc1OC. The molecule has 1 aromatic heterocycles. The van der Waals surface area contributed by atoms with Crippen molar-refractivity contribution < 1.29 is 18.6 Å². The van der Waals surface area contributed by atoms with Crippen LogP contribution in [0.25, 0.3) is 11.1 Å². The van der Waals surface area contributed by atoms with Gasteiger partial charge in [0.2, 0.25) is 0 Å². The largest absolute Gasteiger partial charge is 0.496 e. The van der Waals surface area contributed by atoms with Gasteiger partial charge < -0.3 is 23.9 Å². The highest BCUT2D eigenvalue weighted by molar-refractivity contribution is 5.79. The minimum atomic E-state index is 0.626. The summed E-state index contributed by atoms with van der Waals surface area (Å²) in [5.74, 6) is 2.87. The summed E-state index contributed by atoms with van der Waals surface area (Å²) in [5.41, 5.74) is 1.80. The number of benzene rings is 1. The van der Waals surface area contributed by atoms with Gasteiger partial charge >= 0.3 is 0 Å². The average Bonchev–Trinajstić information content (AvgIpc) is 2.93. The van der Waals surface area contributed by atoms with Crippen LogP contribution >= 0.6 is 0 Å². The molecule has 0 fully saturated rings. The van der Waals surface area contributed by atoms with E-state index in [9.17, 15) is 0 Å². The van der Waals surface area contributed by atoms with Crippen molar-refractivity contribution in [3.8, 4) is 28.4 Å². The van der Waals surface area contributed by atoms with Crippen molar-refractivity contribution >= 4 is 0 Å². The summed E-state index contributed by atoms with van der Waals surface area (Å²) in [6.45, 7) is 0.626. The maximum Gasteiger partial charge on any atom is 0.134 e. The topological polar surface area (TPSA) is 52.9 Å². The molecule has 0 spiro atoms. The number of rotatable bonds is 6. The van der Waals surface area contributed by atoms with E-state index < -0.39 is 0 Å². The lowest BCUT2D eigenvalue weighted by atomic mass is 10.0. The zero-order valence-electron chi connectivity index (χ0n) is 12.1. The van der Waals surface area contributed by atoms with Crippen LogP contribution in [0.5, 0.6) is 17.2 Å². The van der Waals surface area contributed by atoms with Gasteiger partial charge in [-0.2, -0.15) is 0 Å². The maximum absolute atomic E-state index is 5.51. The van der Waals surface area contributed by atoms with Gasteiger partial charge in [-0.3, -0.25) is 0 Å². The van der Waals surface area contributed by atoms with Crippen LogP contribution in [0, 0.1) is 0 Å². The molecule has 0 atom stereocenters. The van der Waals surface area contributed by atoms with Crippen LogP contribution < -0.4 is 19.5 Å². The highest BCUT2D eigenvalue weighted by Crippen LogP contribution is 2.43. The second-order valence-electron chi connectivity index (χ2n) is 4.19. The molecule has 20 heavy (non-hydrogen) atoms. The lowest BCUT2D eigenvalue weighted by molar-refractivity contribution is 0.377. The van der Waals surface area contributed by atoms with Crippen LogP contribution in [0.2, 0.25) is 0 Å². The molecule has 0 aliphatic carbocycles. The van der Waals surface area contributed by atoms with Crippen molar-refractivity contribution in [1.82, 2.24) is 5.32 Å². The molecule has 0 amide bonds. The van der Waals surface area contributed by atoms with Gasteiger partial charge in [0.15, 0.2) is 0 Å². The predicted molar refractivity (Wildman–Crippen MR) is 76.6 cm³/mol. The molecule has 1 aromatic carbocycles. The summed E-state index contributed by atoms with van der Waals surface area (Å²) in [5, 5.41) is 3.08. The maximum atomic E-state index is 5.51. The Morgan fingerprint density at radius 1 is 1.05 bits per heavy atom. The van der Waals surface area contributed by atoms with Gasteiger partial charge in [-0.05, 0) is 13.1 Å². The van der Waals surface area contributed by atoms with Gasteiger partial charge in [-0.15, -0.1) is 0 Å². The Kier molecular flexibility index (Phi) is 4.53. The number of hydrogen-bond donors (Lipinski definition) is 1. The first-order valence-electron chi connectivity index (χ1n) is 6.26. The van der Waals surface area contributed by atoms with Gasteiger partial charge in [0, 0.05) is 17.7 Å². The second kappa shape index (κ2) is 6.34. The van der Waals surface area contributed by atoms with E-state index in [0.29, 0.717) is 23.8 Å². The molecule has 0 aliphatic heterocycles. The van der Waals surface area contributed by atoms with Crippen molar-refractivity contribution in [2.75, 3.05) is 28.4 Å². The van der Waals surface area contributed by atoms with Crippen molar-refractivity contribution in [2.24, 2.45) is 0 Å². The molecule has 0 aliphatic rings. The fraction of sp³-hybridized carbons (Fsp3) is 0.333. The van der Waals surface area contributed by atoms with Gasteiger partial charge in [0.1, 0.15) is 23.0 Å². The Bertz CT molecular complexity index is 552. The highest BCUT2D eigenvalue weighted by atomic mass is 16.5. The Balaban J connectivity index is 2.62. The van der Waals surface area contributed by atoms with Crippen molar-refractivity contribution in [3.05, 3.63) is 30.2 Å². The molecule has 0 saturated heterocycles. The zero-order valence-corrected chi connectivity index (χ0v) is 12.1. The molecular formula is C15H19NO4. The van der Waals surface area contributed by atoms with Crippen molar-refractivity contribution in [1.29, 1.82) is 0 Å². The molecular weight excluding hydrogens is 258 g/mol. The first-order chi connectivity index (χ1) is 9.74. The zero-order chi connectivity index (χ0) is 14.5. The third-order valence-corrected chi connectivity index (χ3v) is 3.07. The lowest BCUT2D eigenvalue weighted by Crippen LogP contribution is -2.05. The van der Waals surface area contributed by atoms with Gasteiger partial charge in [-0.25, -0.2) is 0 Å². The van der Waals surface area contributed by atoms with Crippen molar-refractivity contribution in [2.45, 2.75) is 6.54 Å². The first-order valence-corrected chi connectivity index (χ1v) is 6.26. The van der Waals surface area contributed by atoms with E-state index in [2.05, 4.69) is 5.32 Å². The van der Waals surface area contributed by atoms with E-state index in [1.807, 2.05) is 25.2 Å². The smallest absolute Gasteiger partial charge is 0.134 e. The van der Waals surface area contributed by atoms with Crippen LogP contribution in [0.15, 0.2) is 28.9 Å². The fourth-order valence-corrected chi connectivity index (χ4v) is 2.13. The standard InChI is InChI=1S/C15H19NO4/c1-16-9-14-11(5-6-20-14)15-12(18-3)7-10(17-2)8-13(15)19-4/h5-8,16H,9H2,1-4H3. The fourth-order valence-electron chi connectivity index (χ4n) is 2.13. The summed E-state index contributed by atoms with van der Waals surface area (Å²) >= 11 is 0. The number of ether oxygens (including phenoxy) is 3. The molecule has 108 valence electrons. The number of hydrogen-bond acceptors (Lipinski definition) is 5. The van der Waals surface area contributed by atoms with Gasteiger partial charge in [0.05, 0.1) is 39.7 Å². The number of methoxy groups -OCH3 is 3. The van der Waals surface area contributed by atoms with E-state index in [0.717, 1.165) is 16.9 Å². The summed E-state index contributed by atoms with van der Waals surface area (Å²) < 4.78 is 21.7. The van der Waals surface area contributed by atoms with Crippen LogP contribution in [0.4, 0.5) is 0 Å². The third-order valence-electron chi connectivity index (χ3n) is 3.07. The van der Waals surface area contributed by atoms with Crippen LogP contribution in [-0.2, 0) is 6.54 Å². The van der Waals surface area contributed by atoms with E-state index in [-0.39, 0.29) is 0 Å². The van der Waals surface area contributed by atoms with E-state index in [1.165, 1.54) is 0 Å². The first kappa shape index (κ1) is 14.3. The van der Waals surface area contributed by atoms with Gasteiger partial charge in [-0.1, -0.05) is 0 Å². The molecule has 0 saturated carbocycles. The van der Waals surface area contributed by atoms with Gasteiger partial charge in [0.25, 0.3) is 0 Å². The molecule has 5 heteroatoms. The number of nitrogens with one attached hydrogen (secondary N) is 1. The molecule has 0 bridgehead atoms. The molecule has 0 unspecified atom stereocenters. The molecule has 5 nitrogen and oxygen atoms in total. The quantitative estimate of drug-likeness (QED) is 0.879. The Morgan fingerprint density at radius 2 is 1.70 bits per heavy atom. The van der Waals surface area contributed by atoms with E-state index in [4.69, 9.17) is 18.6 Å². The number of furan rings is 1. The monoisotopic (exact) mass is 277 g/mol. The highest BCUT2D eigenvalue weighted by Gasteiger charge is 2.19. The summed E-state index contributed by atoms with van der Waals surface area (Å²) in [6, 6.07) is 5.56. The van der Waals surface area contributed by atoms with Crippen LogP contribution in [0.1, 0.15) is 5.76 Å². The Hall–Kier alpha value is -2.14. The average molecular weight is 277 g/mol. The van der Waals surface area contributed by atoms with Crippen molar-refractivity contribution in [3.63, 3.8) is 0 Å². The lowest BCUT2D eigenvalue weighted by Gasteiger charge is -2.15. The molecule has 1 N–H and O–H groups in total. The summed E-state index contributed by atoms with van der Waals surface area (Å²) in [7, 11) is 6.72. The second-order valence-corrected chi connectivity index (χ2v) is 4.19. The molecule has 2 aromatic rings. The predicted octanol–water partition coefficient (Wildman–Crippen LogP) is 2.69. The van der Waals surface area contributed by atoms with E-state index in [1.54, 1.807) is 27.6 Å². The van der Waals surface area contributed by atoms with Crippen LogP contribution in [-0.4, -0.2) is 28.4 Å². The molecule has 2 rings (SSSR count).